The number of piperidine rings is 1. The van der Waals surface area contributed by atoms with Gasteiger partial charge in [0, 0.05) is 25.7 Å². The number of anilines is 1. The zero-order valence-electron chi connectivity index (χ0n) is 16.8. The molecule has 29 heavy (non-hydrogen) atoms. The highest BCUT2D eigenvalue weighted by Gasteiger charge is 2.42. The molecule has 158 valence electrons. The number of hydrogen-bond donors (Lipinski definition) is 1. The van der Waals surface area contributed by atoms with Crippen LogP contribution in [-0.2, 0) is 19.6 Å². The van der Waals surface area contributed by atoms with E-state index in [4.69, 9.17) is 4.74 Å². The molecule has 0 spiro atoms. The number of benzene rings is 1. The molecule has 1 aromatic carbocycles. The molecule has 0 aliphatic carbocycles. The number of carbonyl (C=O) groups is 2. The fourth-order valence-corrected chi connectivity index (χ4v) is 6.22. The van der Waals surface area contributed by atoms with Crippen LogP contribution in [0.5, 0.6) is 5.75 Å². The number of rotatable bonds is 3. The van der Waals surface area contributed by atoms with Crippen molar-refractivity contribution in [3.8, 4) is 5.75 Å². The highest BCUT2D eigenvalue weighted by molar-refractivity contribution is 7.89. The summed E-state index contributed by atoms with van der Waals surface area (Å²) < 4.78 is 33.9. The van der Waals surface area contributed by atoms with Gasteiger partial charge in [-0.2, -0.15) is 4.31 Å². The molecule has 0 bridgehead atoms. The lowest BCUT2D eigenvalue weighted by Gasteiger charge is -2.32. The molecule has 0 radical (unpaired) electrons. The minimum atomic E-state index is -3.87. The Labute approximate surface area is 171 Å². The van der Waals surface area contributed by atoms with Gasteiger partial charge in [-0.3, -0.25) is 9.59 Å². The van der Waals surface area contributed by atoms with Gasteiger partial charge in [-0.1, -0.05) is 0 Å². The first-order valence-corrected chi connectivity index (χ1v) is 11.7. The molecule has 2 atom stereocenters. The SMILES string of the molecule is Cc1cc2c(cc1S(=O)(=O)N1CCC[C@H]1C(=O)N1CCCCC1)O[C@H](C)C(=O)N2. The molecule has 0 aromatic heterocycles. The maximum atomic E-state index is 13.5. The van der Waals surface area contributed by atoms with E-state index >= 15 is 0 Å². The van der Waals surface area contributed by atoms with Crippen LogP contribution in [0.15, 0.2) is 17.0 Å². The summed E-state index contributed by atoms with van der Waals surface area (Å²) in [6, 6.07) is 2.44. The van der Waals surface area contributed by atoms with Crippen LogP contribution in [0.25, 0.3) is 0 Å². The first-order chi connectivity index (χ1) is 13.8. The van der Waals surface area contributed by atoms with Crippen molar-refractivity contribution in [3.63, 3.8) is 0 Å². The van der Waals surface area contributed by atoms with Crippen LogP contribution >= 0.6 is 0 Å². The van der Waals surface area contributed by atoms with Gasteiger partial charge in [0.05, 0.1) is 10.6 Å². The van der Waals surface area contributed by atoms with Crippen molar-refractivity contribution >= 4 is 27.5 Å². The summed E-state index contributed by atoms with van der Waals surface area (Å²) in [7, 11) is -3.87. The largest absolute Gasteiger partial charge is 0.479 e. The van der Waals surface area contributed by atoms with Crippen molar-refractivity contribution < 1.29 is 22.7 Å². The predicted octanol–water partition coefficient (Wildman–Crippen LogP) is 1.88. The van der Waals surface area contributed by atoms with Crippen molar-refractivity contribution in [2.75, 3.05) is 25.0 Å². The van der Waals surface area contributed by atoms with Crippen LogP contribution in [0.3, 0.4) is 0 Å². The Balaban J connectivity index is 1.65. The summed E-state index contributed by atoms with van der Waals surface area (Å²) in [6.45, 7) is 5.03. The summed E-state index contributed by atoms with van der Waals surface area (Å²) >= 11 is 0. The second-order valence-electron chi connectivity index (χ2n) is 8.02. The minimum absolute atomic E-state index is 0.0847. The Morgan fingerprint density at radius 1 is 1.14 bits per heavy atom. The van der Waals surface area contributed by atoms with Gasteiger partial charge in [-0.25, -0.2) is 8.42 Å². The first-order valence-electron chi connectivity index (χ1n) is 10.2. The summed E-state index contributed by atoms with van der Waals surface area (Å²) in [5, 5.41) is 2.74. The highest BCUT2D eigenvalue weighted by Crippen LogP contribution is 2.37. The number of aryl methyl sites for hydroxylation is 1. The van der Waals surface area contributed by atoms with Gasteiger partial charge in [0.2, 0.25) is 15.9 Å². The first kappa shape index (κ1) is 20.2. The topological polar surface area (TPSA) is 96.0 Å². The zero-order chi connectivity index (χ0) is 20.8. The summed E-state index contributed by atoms with van der Waals surface area (Å²) in [6.07, 6.45) is 3.56. The lowest BCUT2D eigenvalue weighted by molar-refractivity contribution is -0.135. The van der Waals surface area contributed by atoms with E-state index in [1.807, 2.05) is 4.90 Å². The molecule has 2 fully saturated rings. The third kappa shape index (κ3) is 3.61. The van der Waals surface area contributed by atoms with Crippen molar-refractivity contribution in [1.29, 1.82) is 0 Å². The third-order valence-corrected chi connectivity index (χ3v) is 8.00. The maximum Gasteiger partial charge on any atom is 0.265 e. The molecule has 8 nitrogen and oxygen atoms in total. The molecule has 1 N–H and O–H groups in total. The van der Waals surface area contributed by atoms with Crippen LogP contribution in [0.4, 0.5) is 5.69 Å². The van der Waals surface area contributed by atoms with Crippen LogP contribution in [0.1, 0.15) is 44.6 Å². The number of amides is 2. The summed E-state index contributed by atoms with van der Waals surface area (Å²) in [5.74, 6) is -0.0165. The van der Waals surface area contributed by atoms with E-state index in [1.165, 1.54) is 10.4 Å². The molecule has 2 amide bonds. The van der Waals surface area contributed by atoms with Gasteiger partial charge in [0.25, 0.3) is 5.91 Å². The number of likely N-dealkylation sites (tertiary alicyclic amines) is 1. The number of hydrogen-bond acceptors (Lipinski definition) is 5. The van der Waals surface area contributed by atoms with Gasteiger partial charge >= 0.3 is 0 Å². The van der Waals surface area contributed by atoms with Crippen molar-refractivity contribution in [1.82, 2.24) is 9.21 Å². The molecule has 0 saturated carbocycles. The summed E-state index contributed by atoms with van der Waals surface area (Å²) in [5.41, 5.74) is 0.977. The van der Waals surface area contributed by atoms with Gasteiger partial charge in [0.15, 0.2) is 6.10 Å². The second-order valence-corrected chi connectivity index (χ2v) is 9.88. The van der Waals surface area contributed by atoms with E-state index in [-0.39, 0.29) is 16.7 Å². The number of sulfonamides is 1. The monoisotopic (exact) mass is 421 g/mol. The Bertz CT molecular complexity index is 940. The van der Waals surface area contributed by atoms with E-state index in [2.05, 4.69) is 5.32 Å². The fourth-order valence-electron chi connectivity index (χ4n) is 4.35. The number of carbonyl (C=O) groups excluding carboxylic acids is 2. The molecular formula is C20H27N3O5S. The number of fused-ring (bicyclic) bond motifs is 1. The Morgan fingerprint density at radius 3 is 2.59 bits per heavy atom. The lowest BCUT2D eigenvalue weighted by atomic mass is 10.1. The average Bonchev–Trinajstić information content (AvgIpc) is 3.19. The van der Waals surface area contributed by atoms with Gasteiger partial charge in [0.1, 0.15) is 11.8 Å². The molecule has 3 heterocycles. The predicted molar refractivity (Wildman–Crippen MR) is 107 cm³/mol. The van der Waals surface area contributed by atoms with E-state index in [1.54, 1.807) is 19.9 Å². The number of nitrogens with zero attached hydrogens (tertiary/aromatic N) is 2. The lowest BCUT2D eigenvalue weighted by Crippen LogP contribution is -2.49. The molecule has 1 aromatic rings. The van der Waals surface area contributed by atoms with Gasteiger partial charge < -0.3 is 15.0 Å². The average molecular weight is 422 g/mol. The van der Waals surface area contributed by atoms with Crippen molar-refractivity contribution in [2.45, 2.75) is 63.0 Å². The van der Waals surface area contributed by atoms with E-state index in [9.17, 15) is 18.0 Å². The van der Waals surface area contributed by atoms with Crippen LogP contribution in [-0.4, -0.2) is 61.2 Å². The normalized spacial score (nSPS) is 25.3. The fraction of sp³-hybridized carbons (Fsp3) is 0.600. The number of nitrogens with one attached hydrogen (secondary N) is 1. The van der Waals surface area contributed by atoms with Crippen molar-refractivity contribution in [2.24, 2.45) is 0 Å². The van der Waals surface area contributed by atoms with E-state index < -0.39 is 22.2 Å². The smallest absolute Gasteiger partial charge is 0.265 e. The molecule has 3 aliphatic rings. The van der Waals surface area contributed by atoms with E-state index in [0.717, 1.165) is 19.3 Å². The molecule has 9 heteroatoms. The van der Waals surface area contributed by atoms with Gasteiger partial charge in [-0.15, -0.1) is 0 Å². The van der Waals surface area contributed by atoms with Crippen LogP contribution in [0.2, 0.25) is 0 Å². The standard InChI is InChI=1S/C20H27N3O5S/c1-13-11-15-17(28-14(2)19(24)21-15)12-18(13)29(26,27)23-10-6-7-16(23)20(25)22-8-4-3-5-9-22/h11-12,14,16H,3-10H2,1-2H3,(H,21,24)/t14-,16+/m1/s1. The Morgan fingerprint density at radius 2 is 1.86 bits per heavy atom. The molecule has 0 unspecified atom stereocenters. The quantitative estimate of drug-likeness (QED) is 0.804. The number of ether oxygens (including phenoxy) is 1. The second kappa shape index (κ2) is 7.60. The zero-order valence-corrected chi connectivity index (χ0v) is 17.6. The molecular weight excluding hydrogens is 394 g/mol. The van der Waals surface area contributed by atoms with Crippen LogP contribution in [0, 0.1) is 6.92 Å². The van der Waals surface area contributed by atoms with E-state index in [0.29, 0.717) is 49.5 Å². The van der Waals surface area contributed by atoms with Crippen LogP contribution < -0.4 is 10.1 Å². The molecule has 2 saturated heterocycles. The minimum Gasteiger partial charge on any atom is -0.479 e. The summed E-state index contributed by atoms with van der Waals surface area (Å²) in [4.78, 5) is 26.8. The van der Waals surface area contributed by atoms with Gasteiger partial charge in [-0.05, 0) is 57.6 Å². The highest BCUT2D eigenvalue weighted by atomic mass is 32.2. The Hall–Kier alpha value is -2.13. The molecule has 3 aliphatic heterocycles. The third-order valence-electron chi connectivity index (χ3n) is 5.95. The molecule has 4 rings (SSSR count). The maximum absolute atomic E-state index is 13.5. The Kier molecular flexibility index (Phi) is 5.29. The van der Waals surface area contributed by atoms with Crippen molar-refractivity contribution in [3.05, 3.63) is 17.7 Å².